The van der Waals surface area contributed by atoms with Crippen LogP contribution in [0.2, 0.25) is 0 Å². The van der Waals surface area contributed by atoms with Crippen LogP contribution in [0.5, 0.6) is 0 Å². The van der Waals surface area contributed by atoms with Gasteiger partial charge >= 0.3 is 0 Å². The molecule has 1 atom stereocenters. The molecule has 3 heterocycles. The zero-order valence-corrected chi connectivity index (χ0v) is 13.8. The molecule has 128 valence electrons. The third kappa shape index (κ3) is 2.94. The second-order valence-corrected chi connectivity index (χ2v) is 6.18. The number of amides is 1. The second-order valence-electron chi connectivity index (χ2n) is 6.18. The van der Waals surface area contributed by atoms with Crippen molar-refractivity contribution in [1.29, 1.82) is 0 Å². The molecule has 25 heavy (non-hydrogen) atoms. The molecule has 1 aliphatic rings. The smallest absolute Gasteiger partial charge is 0.239 e. The van der Waals surface area contributed by atoms with E-state index in [4.69, 9.17) is 5.73 Å². The Morgan fingerprint density at radius 3 is 2.60 bits per heavy atom. The van der Waals surface area contributed by atoms with Crippen LogP contribution in [-0.4, -0.2) is 51.4 Å². The van der Waals surface area contributed by atoms with Crippen LogP contribution >= 0.6 is 0 Å². The van der Waals surface area contributed by atoms with Crippen LogP contribution in [-0.2, 0) is 4.79 Å². The number of hydrogen-bond donors (Lipinski definition) is 1. The molecule has 0 saturated carbocycles. The minimum atomic E-state index is -0.387. The highest BCUT2D eigenvalue weighted by Crippen LogP contribution is 2.25. The van der Waals surface area contributed by atoms with Crippen molar-refractivity contribution in [3.8, 4) is 0 Å². The zero-order valence-electron chi connectivity index (χ0n) is 13.8. The predicted molar refractivity (Wildman–Crippen MR) is 95.2 cm³/mol. The molecule has 1 amide bonds. The molecule has 1 saturated heterocycles. The maximum Gasteiger partial charge on any atom is 0.239 e. The van der Waals surface area contributed by atoms with Gasteiger partial charge in [0.05, 0.1) is 12.5 Å². The Bertz CT molecular complexity index is 869. The van der Waals surface area contributed by atoms with E-state index in [1.807, 2.05) is 47.1 Å². The first-order valence-electron chi connectivity index (χ1n) is 8.34. The third-order valence-electron chi connectivity index (χ3n) is 4.68. The Labute approximate surface area is 145 Å². The minimum Gasteiger partial charge on any atom is -0.368 e. The van der Waals surface area contributed by atoms with Crippen molar-refractivity contribution in [3.63, 3.8) is 0 Å². The first kappa shape index (κ1) is 15.6. The summed E-state index contributed by atoms with van der Waals surface area (Å²) < 4.78 is 1.96. The number of anilines is 1. The van der Waals surface area contributed by atoms with E-state index < -0.39 is 0 Å². The molecule has 1 fully saturated rings. The number of nitrogens with two attached hydrogens (primary N) is 1. The van der Waals surface area contributed by atoms with E-state index in [1.54, 1.807) is 12.5 Å². The number of aromatic nitrogens is 3. The molecule has 3 aromatic rings. The Hall–Kier alpha value is -2.93. The van der Waals surface area contributed by atoms with Gasteiger partial charge in [0.15, 0.2) is 5.82 Å². The van der Waals surface area contributed by atoms with Gasteiger partial charge < -0.3 is 15.0 Å². The van der Waals surface area contributed by atoms with Crippen molar-refractivity contribution in [2.24, 2.45) is 5.73 Å². The SMILES string of the molecule is NC(=O)[C@@H](c1ccccc1)N1CCN(c2nccn3cncc23)CC1. The normalized spacial score (nSPS) is 16.9. The van der Waals surface area contributed by atoms with E-state index >= 15 is 0 Å². The van der Waals surface area contributed by atoms with Gasteiger partial charge in [-0.15, -0.1) is 0 Å². The predicted octanol–water partition coefficient (Wildman–Crippen LogP) is 1.08. The highest BCUT2D eigenvalue weighted by molar-refractivity contribution is 5.81. The first-order valence-corrected chi connectivity index (χ1v) is 8.34. The largest absolute Gasteiger partial charge is 0.368 e. The average molecular weight is 336 g/mol. The van der Waals surface area contributed by atoms with Gasteiger partial charge in [-0.05, 0) is 5.56 Å². The molecule has 4 rings (SSSR count). The van der Waals surface area contributed by atoms with Gasteiger partial charge in [-0.3, -0.25) is 9.69 Å². The number of rotatable bonds is 4. The summed E-state index contributed by atoms with van der Waals surface area (Å²) in [5.74, 6) is 0.616. The van der Waals surface area contributed by atoms with Gasteiger partial charge in [-0.25, -0.2) is 9.97 Å². The van der Waals surface area contributed by atoms with E-state index in [2.05, 4.69) is 19.8 Å². The second kappa shape index (κ2) is 6.52. The van der Waals surface area contributed by atoms with Crippen molar-refractivity contribution in [1.82, 2.24) is 19.3 Å². The molecular weight excluding hydrogens is 316 g/mol. The molecule has 0 spiro atoms. The van der Waals surface area contributed by atoms with Gasteiger partial charge in [0.1, 0.15) is 11.6 Å². The summed E-state index contributed by atoms with van der Waals surface area (Å²) >= 11 is 0. The monoisotopic (exact) mass is 336 g/mol. The lowest BCUT2D eigenvalue weighted by Gasteiger charge is -2.38. The van der Waals surface area contributed by atoms with Crippen molar-refractivity contribution in [3.05, 3.63) is 60.8 Å². The summed E-state index contributed by atoms with van der Waals surface area (Å²) in [7, 11) is 0. The van der Waals surface area contributed by atoms with Gasteiger partial charge in [0, 0.05) is 38.6 Å². The Balaban J connectivity index is 1.53. The van der Waals surface area contributed by atoms with Crippen LogP contribution in [0.25, 0.3) is 5.52 Å². The molecule has 1 aliphatic heterocycles. The number of carbonyl (C=O) groups excluding carboxylic acids is 1. The molecular formula is C18H20N6O. The van der Waals surface area contributed by atoms with Crippen molar-refractivity contribution >= 4 is 17.2 Å². The van der Waals surface area contributed by atoms with E-state index in [9.17, 15) is 4.79 Å². The van der Waals surface area contributed by atoms with Crippen LogP contribution in [0, 0.1) is 0 Å². The summed E-state index contributed by atoms with van der Waals surface area (Å²) in [6.45, 7) is 3.07. The number of hydrogen-bond acceptors (Lipinski definition) is 5. The fourth-order valence-electron chi connectivity index (χ4n) is 3.46. The average Bonchev–Trinajstić information content (AvgIpc) is 3.12. The molecule has 0 aliphatic carbocycles. The van der Waals surface area contributed by atoms with E-state index in [1.165, 1.54) is 0 Å². The molecule has 7 heteroatoms. The number of benzene rings is 1. The molecule has 7 nitrogen and oxygen atoms in total. The lowest BCUT2D eigenvalue weighted by atomic mass is 10.0. The van der Waals surface area contributed by atoms with Gasteiger partial charge in [-0.1, -0.05) is 30.3 Å². The topological polar surface area (TPSA) is 79.8 Å². The van der Waals surface area contributed by atoms with Crippen LogP contribution in [0.1, 0.15) is 11.6 Å². The quantitative estimate of drug-likeness (QED) is 0.771. The fraction of sp³-hybridized carbons (Fsp3) is 0.278. The van der Waals surface area contributed by atoms with E-state index in [-0.39, 0.29) is 11.9 Å². The third-order valence-corrected chi connectivity index (χ3v) is 4.68. The maximum atomic E-state index is 12.0. The summed E-state index contributed by atoms with van der Waals surface area (Å²) in [5.41, 5.74) is 7.62. The zero-order chi connectivity index (χ0) is 17.2. The van der Waals surface area contributed by atoms with Crippen LogP contribution < -0.4 is 10.6 Å². The summed E-state index contributed by atoms with van der Waals surface area (Å²) in [4.78, 5) is 25.1. The van der Waals surface area contributed by atoms with Gasteiger partial charge in [-0.2, -0.15) is 0 Å². The standard InChI is InChI=1S/C18H20N6O/c19-17(25)16(14-4-2-1-3-5-14)22-8-10-23(11-9-22)18-15-12-20-13-24(15)7-6-21-18/h1-7,12-13,16H,8-11H2,(H2,19,25)/t16-/m1/s1. The Morgan fingerprint density at radius 2 is 1.88 bits per heavy atom. The molecule has 2 aromatic heterocycles. The number of piperazine rings is 1. The molecule has 0 unspecified atom stereocenters. The van der Waals surface area contributed by atoms with Crippen molar-refractivity contribution < 1.29 is 4.79 Å². The summed E-state index contributed by atoms with van der Waals surface area (Å²) in [6, 6.07) is 9.34. The highest BCUT2D eigenvalue weighted by atomic mass is 16.1. The number of carbonyl (C=O) groups is 1. The first-order chi connectivity index (χ1) is 12.2. The number of imidazole rings is 1. The van der Waals surface area contributed by atoms with Crippen LogP contribution in [0.3, 0.4) is 0 Å². The summed E-state index contributed by atoms with van der Waals surface area (Å²) in [6.07, 6.45) is 7.27. The van der Waals surface area contributed by atoms with Crippen molar-refractivity contribution in [2.45, 2.75) is 6.04 Å². The molecule has 1 aromatic carbocycles. The van der Waals surface area contributed by atoms with E-state index in [0.717, 1.165) is 43.1 Å². The van der Waals surface area contributed by atoms with Gasteiger partial charge in [0.2, 0.25) is 5.91 Å². The fourth-order valence-corrected chi connectivity index (χ4v) is 3.46. The number of fused-ring (bicyclic) bond motifs is 1. The Kier molecular flexibility index (Phi) is 4.07. The molecule has 2 N–H and O–H groups in total. The van der Waals surface area contributed by atoms with Gasteiger partial charge in [0.25, 0.3) is 0 Å². The molecule has 0 bridgehead atoms. The lowest BCUT2D eigenvalue weighted by Crippen LogP contribution is -2.50. The van der Waals surface area contributed by atoms with Crippen LogP contribution in [0.15, 0.2) is 55.2 Å². The van der Waals surface area contributed by atoms with E-state index in [0.29, 0.717) is 0 Å². The number of primary amides is 1. The molecule has 0 radical (unpaired) electrons. The van der Waals surface area contributed by atoms with Crippen molar-refractivity contribution in [2.75, 3.05) is 31.1 Å². The summed E-state index contributed by atoms with van der Waals surface area (Å²) in [5, 5.41) is 0. The number of nitrogens with zero attached hydrogens (tertiary/aromatic N) is 5. The minimum absolute atomic E-state index is 0.310. The Morgan fingerprint density at radius 1 is 1.12 bits per heavy atom. The highest BCUT2D eigenvalue weighted by Gasteiger charge is 2.29. The lowest BCUT2D eigenvalue weighted by molar-refractivity contribution is -0.123. The maximum absolute atomic E-state index is 12.0. The van der Waals surface area contributed by atoms with Crippen LogP contribution in [0.4, 0.5) is 5.82 Å².